The van der Waals surface area contributed by atoms with Crippen LogP contribution in [0.3, 0.4) is 0 Å². The van der Waals surface area contributed by atoms with Gasteiger partial charge in [0.2, 0.25) is 11.2 Å². The van der Waals surface area contributed by atoms with Crippen LogP contribution in [0.2, 0.25) is 5.28 Å². The average Bonchev–Trinajstić information content (AvgIpc) is 2.82. The molecule has 1 fully saturated rings. The molecule has 1 aliphatic heterocycles. The number of nitrogens with one attached hydrogen (secondary N) is 1. The van der Waals surface area contributed by atoms with E-state index < -0.39 is 0 Å². The first-order chi connectivity index (χ1) is 8.78. The zero-order valence-electron chi connectivity index (χ0n) is 10.4. The summed E-state index contributed by atoms with van der Waals surface area (Å²) in [6.45, 7) is 3.98. The van der Waals surface area contributed by atoms with Crippen molar-refractivity contribution in [3.63, 3.8) is 0 Å². The van der Waals surface area contributed by atoms with Gasteiger partial charge >= 0.3 is 6.01 Å². The highest BCUT2D eigenvalue weighted by molar-refractivity contribution is 6.28. The Bertz CT molecular complexity index is 385. The number of hydrogen-bond donors (Lipinski definition) is 1. The molecule has 0 amide bonds. The van der Waals surface area contributed by atoms with Crippen LogP contribution in [0.5, 0.6) is 6.01 Å². The van der Waals surface area contributed by atoms with E-state index in [9.17, 15) is 0 Å². The lowest BCUT2D eigenvalue weighted by atomic mass is 10.2. The van der Waals surface area contributed by atoms with Gasteiger partial charge < -0.3 is 14.8 Å². The van der Waals surface area contributed by atoms with Gasteiger partial charge in [0.25, 0.3) is 0 Å². The largest absolute Gasteiger partial charge is 0.464 e. The van der Waals surface area contributed by atoms with Crippen LogP contribution in [0.15, 0.2) is 0 Å². The minimum absolute atomic E-state index is 0.132. The highest BCUT2D eigenvalue weighted by atomic mass is 35.5. The summed E-state index contributed by atoms with van der Waals surface area (Å²) < 4.78 is 10.7. The molecule has 7 heteroatoms. The van der Waals surface area contributed by atoms with E-state index in [1.807, 2.05) is 6.92 Å². The number of rotatable bonds is 6. The molecule has 1 aromatic rings. The lowest BCUT2D eigenvalue weighted by Gasteiger charge is -2.10. The molecular formula is C11H17ClN4O2. The molecule has 1 aromatic heterocycles. The summed E-state index contributed by atoms with van der Waals surface area (Å²) in [6.07, 6.45) is 3.56. The molecule has 0 radical (unpaired) electrons. The predicted octanol–water partition coefficient (Wildman–Crippen LogP) is 1.90. The van der Waals surface area contributed by atoms with Crippen LogP contribution >= 0.6 is 11.6 Å². The quantitative estimate of drug-likeness (QED) is 0.853. The zero-order valence-corrected chi connectivity index (χ0v) is 11.1. The van der Waals surface area contributed by atoms with Gasteiger partial charge in [0, 0.05) is 13.2 Å². The lowest BCUT2D eigenvalue weighted by molar-refractivity contribution is 0.107. The molecule has 6 nitrogen and oxygen atoms in total. The van der Waals surface area contributed by atoms with Crippen molar-refractivity contribution in [3.8, 4) is 6.01 Å². The Morgan fingerprint density at radius 2 is 2.33 bits per heavy atom. The number of halogens is 1. The van der Waals surface area contributed by atoms with E-state index in [0.29, 0.717) is 18.7 Å². The number of nitrogens with zero attached hydrogens (tertiary/aromatic N) is 3. The van der Waals surface area contributed by atoms with E-state index >= 15 is 0 Å². The van der Waals surface area contributed by atoms with Gasteiger partial charge in [0.1, 0.15) is 0 Å². The molecule has 0 aromatic carbocycles. The Hall–Kier alpha value is -1.14. The van der Waals surface area contributed by atoms with Crippen LogP contribution in [0.25, 0.3) is 0 Å². The van der Waals surface area contributed by atoms with Crippen LogP contribution in [0.4, 0.5) is 5.95 Å². The maximum atomic E-state index is 5.78. The van der Waals surface area contributed by atoms with Crippen LogP contribution in [0.1, 0.15) is 26.2 Å². The second-order valence-corrected chi connectivity index (χ2v) is 4.33. The van der Waals surface area contributed by atoms with Crippen molar-refractivity contribution in [2.45, 2.75) is 32.3 Å². The molecule has 1 atom stereocenters. The Morgan fingerprint density at radius 3 is 3.06 bits per heavy atom. The molecule has 0 saturated carbocycles. The molecule has 100 valence electrons. The fourth-order valence-corrected chi connectivity index (χ4v) is 1.97. The Kier molecular flexibility index (Phi) is 4.95. The van der Waals surface area contributed by atoms with Gasteiger partial charge in [-0.25, -0.2) is 0 Å². The average molecular weight is 273 g/mol. The second-order valence-electron chi connectivity index (χ2n) is 3.99. The van der Waals surface area contributed by atoms with E-state index in [4.69, 9.17) is 21.1 Å². The number of anilines is 1. The van der Waals surface area contributed by atoms with E-state index in [1.54, 1.807) is 0 Å². The Balaban J connectivity index is 1.83. The monoisotopic (exact) mass is 272 g/mol. The van der Waals surface area contributed by atoms with Gasteiger partial charge in [-0.3, -0.25) is 0 Å². The molecule has 0 spiro atoms. The molecule has 1 aliphatic rings. The van der Waals surface area contributed by atoms with Crippen molar-refractivity contribution < 1.29 is 9.47 Å². The fourth-order valence-electron chi connectivity index (χ4n) is 1.82. The Labute approximate surface area is 111 Å². The molecule has 1 saturated heterocycles. The third-order valence-electron chi connectivity index (χ3n) is 2.63. The van der Waals surface area contributed by atoms with E-state index in [0.717, 1.165) is 32.4 Å². The van der Waals surface area contributed by atoms with Crippen molar-refractivity contribution >= 4 is 17.5 Å². The SMILES string of the molecule is CCOc1nc(Cl)nc(NCCC2CCCO2)n1. The summed E-state index contributed by atoms with van der Waals surface area (Å²) in [5.41, 5.74) is 0. The smallest absolute Gasteiger partial charge is 0.322 e. The predicted molar refractivity (Wildman–Crippen MR) is 68.1 cm³/mol. The maximum Gasteiger partial charge on any atom is 0.322 e. The van der Waals surface area contributed by atoms with Crippen molar-refractivity contribution in [2.75, 3.05) is 25.1 Å². The fraction of sp³-hybridized carbons (Fsp3) is 0.727. The van der Waals surface area contributed by atoms with Crippen LogP contribution in [-0.2, 0) is 4.74 Å². The summed E-state index contributed by atoms with van der Waals surface area (Å²) in [6, 6.07) is 0.247. The third-order valence-corrected chi connectivity index (χ3v) is 2.80. The van der Waals surface area contributed by atoms with Crippen molar-refractivity contribution in [3.05, 3.63) is 5.28 Å². The highest BCUT2D eigenvalue weighted by Crippen LogP contribution is 2.16. The molecule has 18 heavy (non-hydrogen) atoms. The summed E-state index contributed by atoms with van der Waals surface area (Å²) in [5, 5.41) is 3.24. The van der Waals surface area contributed by atoms with E-state index in [2.05, 4.69) is 20.3 Å². The lowest BCUT2D eigenvalue weighted by Crippen LogP contribution is -2.14. The molecule has 0 bridgehead atoms. The van der Waals surface area contributed by atoms with Gasteiger partial charge in [-0.05, 0) is 37.8 Å². The van der Waals surface area contributed by atoms with Crippen LogP contribution < -0.4 is 10.1 Å². The summed E-state index contributed by atoms with van der Waals surface area (Å²) in [7, 11) is 0. The molecule has 1 unspecified atom stereocenters. The second kappa shape index (κ2) is 6.70. The number of hydrogen-bond acceptors (Lipinski definition) is 6. The van der Waals surface area contributed by atoms with Gasteiger partial charge in [-0.15, -0.1) is 0 Å². The van der Waals surface area contributed by atoms with Crippen molar-refractivity contribution in [1.82, 2.24) is 15.0 Å². The van der Waals surface area contributed by atoms with Gasteiger partial charge in [-0.1, -0.05) is 0 Å². The first-order valence-electron chi connectivity index (χ1n) is 6.17. The highest BCUT2D eigenvalue weighted by Gasteiger charge is 2.15. The summed E-state index contributed by atoms with van der Waals surface area (Å²) in [4.78, 5) is 12.0. The molecule has 0 aliphatic carbocycles. The van der Waals surface area contributed by atoms with Gasteiger partial charge in [-0.2, -0.15) is 15.0 Å². The van der Waals surface area contributed by atoms with Crippen LogP contribution in [-0.4, -0.2) is 40.8 Å². The van der Waals surface area contributed by atoms with E-state index in [-0.39, 0.29) is 11.3 Å². The molecule has 1 N–H and O–H groups in total. The Morgan fingerprint density at radius 1 is 1.44 bits per heavy atom. The summed E-state index contributed by atoms with van der Waals surface area (Å²) in [5.74, 6) is 0.441. The summed E-state index contributed by atoms with van der Waals surface area (Å²) >= 11 is 5.78. The topological polar surface area (TPSA) is 69.2 Å². The molecule has 2 rings (SSSR count). The van der Waals surface area contributed by atoms with E-state index in [1.165, 1.54) is 0 Å². The molecular weight excluding hydrogens is 256 g/mol. The minimum atomic E-state index is 0.132. The third kappa shape index (κ3) is 3.96. The molecule has 2 heterocycles. The number of ether oxygens (including phenoxy) is 2. The maximum absolute atomic E-state index is 5.78. The van der Waals surface area contributed by atoms with Crippen molar-refractivity contribution in [1.29, 1.82) is 0 Å². The first kappa shape index (κ1) is 13.3. The van der Waals surface area contributed by atoms with Gasteiger partial charge in [0.05, 0.1) is 12.7 Å². The standard InChI is InChI=1S/C11H17ClN4O2/c1-2-17-11-15-9(12)14-10(16-11)13-6-5-8-4-3-7-18-8/h8H,2-7H2,1H3,(H,13,14,15,16). The number of aromatic nitrogens is 3. The first-order valence-corrected chi connectivity index (χ1v) is 6.55. The van der Waals surface area contributed by atoms with Crippen molar-refractivity contribution in [2.24, 2.45) is 0 Å². The van der Waals surface area contributed by atoms with Crippen LogP contribution in [0, 0.1) is 0 Å². The zero-order chi connectivity index (χ0) is 12.8. The minimum Gasteiger partial charge on any atom is -0.464 e. The van der Waals surface area contributed by atoms with Gasteiger partial charge in [0.15, 0.2) is 0 Å². The normalized spacial score (nSPS) is 18.9.